The zero-order valence-corrected chi connectivity index (χ0v) is 16.9. The third-order valence-corrected chi connectivity index (χ3v) is 6.15. The van der Waals surface area contributed by atoms with Gasteiger partial charge in [-0.3, -0.25) is 4.79 Å². The lowest BCUT2D eigenvalue weighted by molar-refractivity contribution is -0.125. The molecule has 1 aromatic carbocycles. The number of carbonyl (C=O) groups excluding carboxylic acids is 2. The molecule has 1 saturated heterocycles. The third-order valence-electron chi connectivity index (χ3n) is 4.67. The fourth-order valence-corrected chi connectivity index (χ4v) is 4.27. The van der Waals surface area contributed by atoms with Gasteiger partial charge in [-0.05, 0) is 25.3 Å². The highest BCUT2D eigenvalue weighted by molar-refractivity contribution is 7.18. The molecule has 3 rings (SSSR count). The van der Waals surface area contributed by atoms with Crippen molar-refractivity contribution in [2.24, 2.45) is 5.92 Å². The van der Waals surface area contributed by atoms with Gasteiger partial charge in [-0.1, -0.05) is 52.8 Å². The number of anilines is 1. The van der Waals surface area contributed by atoms with Crippen LogP contribution in [0.15, 0.2) is 24.3 Å². The van der Waals surface area contributed by atoms with Gasteiger partial charge < -0.3 is 15.0 Å². The van der Waals surface area contributed by atoms with Gasteiger partial charge in [0.25, 0.3) is 0 Å². The molecule has 1 aliphatic rings. The van der Waals surface area contributed by atoms with Crippen molar-refractivity contribution in [2.75, 3.05) is 25.1 Å². The fourth-order valence-electron chi connectivity index (χ4n) is 3.02. The number of ether oxygens (including phenoxy) is 1. The molecule has 0 radical (unpaired) electrons. The first kappa shape index (κ1) is 19.6. The van der Waals surface area contributed by atoms with E-state index in [1.54, 1.807) is 0 Å². The average Bonchev–Trinajstić information content (AvgIpc) is 3.08. The van der Waals surface area contributed by atoms with Crippen molar-refractivity contribution < 1.29 is 14.3 Å². The SMILES string of the molecule is COC(=O)c1sc(N2CCC(C(=O)NCc3ccc(C)cc3)CC2)nc1Cl. The van der Waals surface area contributed by atoms with Crippen molar-refractivity contribution in [3.05, 3.63) is 45.4 Å². The maximum Gasteiger partial charge on any atom is 0.351 e. The van der Waals surface area contributed by atoms with E-state index in [4.69, 9.17) is 16.3 Å². The van der Waals surface area contributed by atoms with E-state index in [1.165, 1.54) is 24.0 Å². The van der Waals surface area contributed by atoms with Crippen molar-refractivity contribution >= 4 is 39.9 Å². The van der Waals surface area contributed by atoms with Gasteiger partial charge in [0, 0.05) is 25.6 Å². The Morgan fingerprint density at radius 2 is 1.96 bits per heavy atom. The van der Waals surface area contributed by atoms with Gasteiger partial charge in [0.2, 0.25) is 5.91 Å². The van der Waals surface area contributed by atoms with Crippen LogP contribution in [-0.2, 0) is 16.1 Å². The molecule has 1 aromatic heterocycles. The van der Waals surface area contributed by atoms with Gasteiger partial charge in [-0.15, -0.1) is 0 Å². The van der Waals surface area contributed by atoms with E-state index in [1.807, 2.05) is 31.2 Å². The second-order valence-corrected chi connectivity index (χ2v) is 7.91. The topological polar surface area (TPSA) is 71.5 Å². The number of hydrogen-bond acceptors (Lipinski definition) is 6. The van der Waals surface area contributed by atoms with E-state index >= 15 is 0 Å². The summed E-state index contributed by atoms with van der Waals surface area (Å²) in [7, 11) is 1.32. The van der Waals surface area contributed by atoms with E-state index in [2.05, 4.69) is 15.2 Å². The summed E-state index contributed by atoms with van der Waals surface area (Å²) in [6.45, 7) is 3.99. The first-order valence-corrected chi connectivity index (χ1v) is 10.00. The molecule has 144 valence electrons. The number of thiazole rings is 1. The Kier molecular flexibility index (Phi) is 6.34. The summed E-state index contributed by atoms with van der Waals surface area (Å²) in [5.41, 5.74) is 2.30. The van der Waals surface area contributed by atoms with E-state index in [9.17, 15) is 9.59 Å². The Morgan fingerprint density at radius 3 is 2.59 bits per heavy atom. The van der Waals surface area contributed by atoms with Crippen LogP contribution in [0.4, 0.5) is 5.13 Å². The minimum atomic E-state index is -0.478. The molecule has 0 spiro atoms. The predicted octanol–water partition coefficient (Wildman–Crippen LogP) is 3.42. The summed E-state index contributed by atoms with van der Waals surface area (Å²) in [6.07, 6.45) is 1.48. The van der Waals surface area contributed by atoms with Crippen LogP contribution in [0, 0.1) is 12.8 Å². The number of piperidine rings is 1. The summed E-state index contributed by atoms with van der Waals surface area (Å²) in [5.74, 6) is -0.404. The zero-order chi connectivity index (χ0) is 19.4. The Bertz CT molecular complexity index is 814. The van der Waals surface area contributed by atoms with Crippen LogP contribution in [-0.4, -0.2) is 37.1 Å². The number of rotatable bonds is 5. The van der Waals surface area contributed by atoms with Gasteiger partial charge in [0.1, 0.15) is 0 Å². The lowest BCUT2D eigenvalue weighted by atomic mass is 9.96. The molecule has 1 amide bonds. The maximum absolute atomic E-state index is 12.4. The Balaban J connectivity index is 1.51. The van der Waals surface area contributed by atoms with E-state index in [-0.39, 0.29) is 17.0 Å². The lowest BCUT2D eigenvalue weighted by Crippen LogP contribution is -2.40. The number of nitrogens with zero attached hydrogens (tertiary/aromatic N) is 2. The molecule has 2 heterocycles. The maximum atomic E-state index is 12.4. The number of halogens is 1. The van der Waals surface area contributed by atoms with Crippen LogP contribution in [0.3, 0.4) is 0 Å². The van der Waals surface area contributed by atoms with Gasteiger partial charge in [0.15, 0.2) is 15.2 Å². The average molecular weight is 408 g/mol. The first-order chi connectivity index (χ1) is 13.0. The number of aromatic nitrogens is 1. The molecule has 0 atom stereocenters. The molecule has 2 aromatic rings. The second-order valence-electron chi connectivity index (χ2n) is 6.57. The lowest BCUT2D eigenvalue weighted by Gasteiger charge is -2.31. The normalized spacial score (nSPS) is 14.9. The van der Waals surface area contributed by atoms with Gasteiger partial charge in [0.05, 0.1) is 7.11 Å². The monoisotopic (exact) mass is 407 g/mol. The number of carbonyl (C=O) groups is 2. The molecule has 0 aliphatic carbocycles. The molecule has 1 N–H and O–H groups in total. The van der Waals surface area contributed by atoms with Crippen molar-refractivity contribution in [1.82, 2.24) is 10.3 Å². The molecule has 8 heteroatoms. The van der Waals surface area contributed by atoms with E-state index < -0.39 is 5.97 Å². The van der Waals surface area contributed by atoms with Crippen LogP contribution in [0.1, 0.15) is 33.6 Å². The summed E-state index contributed by atoms with van der Waals surface area (Å²) >= 11 is 7.26. The smallest absolute Gasteiger partial charge is 0.351 e. The Morgan fingerprint density at radius 1 is 1.30 bits per heavy atom. The minimum absolute atomic E-state index is 0.0118. The molecule has 27 heavy (non-hydrogen) atoms. The van der Waals surface area contributed by atoms with Crippen LogP contribution < -0.4 is 10.2 Å². The second kappa shape index (κ2) is 8.71. The van der Waals surface area contributed by atoms with Crippen molar-refractivity contribution in [3.8, 4) is 0 Å². The molecular formula is C19H22ClN3O3S. The number of aryl methyl sites for hydroxylation is 1. The Hall–Kier alpha value is -2.12. The van der Waals surface area contributed by atoms with Gasteiger partial charge in [-0.25, -0.2) is 9.78 Å². The van der Waals surface area contributed by atoms with Crippen molar-refractivity contribution in [3.63, 3.8) is 0 Å². The quantitative estimate of drug-likeness (QED) is 0.769. The number of hydrogen-bond donors (Lipinski definition) is 1. The van der Waals surface area contributed by atoms with Crippen LogP contribution in [0.5, 0.6) is 0 Å². The number of esters is 1. The molecule has 6 nitrogen and oxygen atoms in total. The van der Waals surface area contributed by atoms with Crippen LogP contribution in [0.2, 0.25) is 5.15 Å². The molecule has 0 unspecified atom stereocenters. The first-order valence-electron chi connectivity index (χ1n) is 8.80. The Labute approximate surface area is 167 Å². The van der Waals surface area contributed by atoms with E-state index in [0.29, 0.717) is 29.6 Å². The highest BCUT2D eigenvalue weighted by Gasteiger charge is 2.28. The predicted molar refractivity (Wildman–Crippen MR) is 106 cm³/mol. The van der Waals surface area contributed by atoms with Crippen LogP contribution >= 0.6 is 22.9 Å². The van der Waals surface area contributed by atoms with Gasteiger partial charge in [-0.2, -0.15) is 0 Å². The number of nitrogens with one attached hydrogen (secondary N) is 1. The minimum Gasteiger partial charge on any atom is -0.465 e. The zero-order valence-electron chi connectivity index (χ0n) is 15.3. The molecule has 1 fully saturated rings. The summed E-state index contributed by atoms with van der Waals surface area (Å²) in [4.78, 5) is 30.8. The summed E-state index contributed by atoms with van der Waals surface area (Å²) < 4.78 is 4.71. The summed E-state index contributed by atoms with van der Waals surface area (Å²) in [5, 5.41) is 3.89. The molecular weight excluding hydrogens is 386 g/mol. The number of benzene rings is 1. The number of methoxy groups -OCH3 is 1. The highest BCUT2D eigenvalue weighted by Crippen LogP contribution is 2.32. The van der Waals surface area contributed by atoms with E-state index in [0.717, 1.165) is 18.4 Å². The fraction of sp³-hybridized carbons (Fsp3) is 0.421. The summed E-state index contributed by atoms with van der Waals surface area (Å²) in [6, 6.07) is 8.15. The standard InChI is InChI=1S/C19H22ClN3O3S/c1-12-3-5-13(6-4-12)11-21-17(24)14-7-9-23(10-8-14)19-22-16(20)15(27-19)18(25)26-2/h3-6,14H,7-11H2,1-2H3,(H,21,24). The number of amides is 1. The van der Waals surface area contributed by atoms with Gasteiger partial charge >= 0.3 is 5.97 Å². The largest absolute Gasteiger partial charge is 0.465 e. The molecule has 0 bridgehead atoms. The van der Waals surface area contributed by atoms with Crippen molar-refractivity contribution in [1.29, 1.82) is 0 Å². The third kappa shape index (κ3) is 4.78. The molecule has 0 saturated carbocycles. The highest BCUT2D eigenvalue weighted by atomic mass is 35.5. The molecule has 1 aliphatic heterocycles. The van der Waals surface area contributed by atoms with Crippen LogP contribution in [0.25, 0.3) is 0 Å². The van der Waals surface area contributed by atoms with Crippen molar-refractivity contribution in [2.45, 2.75) is 26.3 Å².